The van der Waals surface area contributed by atoms with Gasteiger partial charge in [0.25, 0.3) is 0 Å². The first-order chi connectivity index (χ1) is 9.20. The van der Waals surface area contributed by atoms with Gasteiger partial charge in [0.05, 0.1) is 0 Å². The molecule has 0 amide bonds. The van der Waals surface area contributed by atoms with E-state index in [-0.39, 0.29) is 11.9 Å². The normalized spacial score (nSPS) is 18.1. The van der Waals surface area contributed by atoms with E-state index < -0.39 is 0 Å². The molecule has 0 bridgehead atoms. The van der Waals surface area contributed by atoms with Gasteiger partial charge in [-0.1, -0.05) is 31.9 Å². The highest BCUT2D eigenvalue weighted by Crippen LogP contribution is 2.24. The summed E-state index contributed by atoms with van der Waals surface area (Å²) in [7, 11) is 0. The first-order valence-electron chi connectivity index (χ1n) is 7.45. The number of hydrogen-bond donors (Lipinski definition) is 1. The Morgan fingerprint density at radius 1 is 1.37 bits per heavy atom. The second kappa shape index (κ2) is 7.01. The molecular formula is C16H25FN2. The zero-order valence-corrected chi connectivity index (χ0v) is 11.8. The van der Waals surface area contributed by atoms with Crippen molar-refractivity contribution >= 4 is 0 Å². The van der Waals surface area contributed by atoms with Gasteiger partial charge < -0.3 is 10.6 Å². The van der Waals surface area contributed by atoms with E-state index >= 15 is 0 Å². The lowest BCUT2D eigenvalue weighted by Crippen LogP contribution is -2.35. The van der Waals surface area contributed by atoms with Crippen LogP contribution in [0.5, 0.6) is 0 Å². The predicted octanol–water partition coefficient (Wildman–Crippen LogP) is 3.48. The van der Waals surface area contributed by atoms with E-state index in [0.29, 0.717) is 0 Å². The minimum absolute atomic E-state index is 0.0637. The summed E-state index contributed by atoms with van der Waals surface area (Å²) in [6, 6.07) is 7.35. The molecule has 2 nitrogen and oxygen atoms in total. The molecule has 2 rings (SSSR count). The molecule has 0 aromatic heterocycles. The zero-order chi connectivity index (χ0) is 13.7. The van der Waals surface area contributed by atoms with Crippen LogP contribution in [0, 0.1) is 5.82 Å². The molecule has 0 spiro atoms. The number of nitrogens with zero attached hydrogens (tertiary/aromatic N) is 1. The molecule has 0 saturated heterocycles. The molecule has 0 aliphatic heterocycles. The van der Waals surface area contributed by atoms with Crippen LogP contribution in [0.15, 0.2) is 24.3 Å². The second-order valence-corrected chi connectivity index (χ2v) is 5.52. The van der Waals surface area contributed by atoms with Crippen LogP contribution in [-0.2, 0) is 0 Å². The fraction of sp³-hybridized carbons (Fsp3) is 0.625. The summed E-state index contributed by atoms with van der Waals surface area (Å²) in [6.45, 7) is 4.31. The van der Waals surface area contributed by atoms with Gasteiger partial charge in [-0.2, -0.15) is 0 Å². The average molecular weight is 264 g/mol. The molecule has 106 valence electrons. The number of halogens is 1. The quantitative estimate of drug-likeness (QED) is 0.852. The molecule has 1 aromatic carbocycles. The molecule has 1 aromatic rings. The maximum absolute atomic E-state index is 13.2. The highest BCUT2D eigenvalue weighted by molar-refractivity contribution is 5.19. The summed E-state index contributed by atoms with van der Waals surface area (Å²) in [5.74, 6) is -0.198. The van der Waals surface area contributed by atoms with Crippen molar-refractivity contribution in [3.8, 4) is 0 Å². The van der Waals surface area contributed by atoms with Crippen molar-refractivity contribution in [2.75, 3.05) is 13.1 Å². The zero-order valence-electron chi connectivity index (χ0n) is 11.8. The van der Waals surface area contributed by atoms with Crippen molar-refractivity contribution in [2.24, 2.45) is 5.73 Å². The summed E-state index contributed by atoms with van der Waals surface area (Å²) in [4.78, 5) is 2.53. The highest BCUT2D eigenvalue weighted by atomic mass is 19.1. The van der Waals surface area contributed by atoms with Gasteiger partial charge in [-0.05, 0) is 43.5 Å². The molecule has 1 fully saturated rings. The summed E-state index contributed by atoms with van der Waals surface area (Å²) >= 11 is 0. The molecule has 1 aliphatic rings. The number of rotatable bonds is 6. The Labute approximate surface area is 115 Å². The summed E-state index contributed by atoms with van der Waals surface area (Å²) in [6.07, 6.45) is 6.26. The van der Waals surface area contributed by atoms with E-state index in [2.05, 4.69) is 11.8 Å². The summed E-state index contributed by atoms with van der Waals surface area (Å²) in [5.41, 5.74) is 7.08. The predicted molar refractivity (Wildman–Crippen MR) is 77.4 cm³/mol. The Hall–Kier alpha value is -0.930. The summed E-state index contributed by atoms with van der Waals surface area (Å²) < 4.78 is 13.2. The molecule has 1 unspecified atom stereocenters. The highest BCUT2D eigenvalue weighted by Gasteiger charge is 2.21. The smallest absolute Gasteiger partial charge is 0.123 e. The van der Waals surface area contributed by atoms with Crippen molar-refractivity contribution < 1.29 is 4.39 Å². The first-order valence-corrected chi connectivity index (χ1v) is 7.45. The number of benzene rings is 1. The topological polar surface area (TPSA) is 29.3 Å². The van der Waals surface area contributed by atoms with Crippen molar-refractivity contribution in [3.63, 3.8) is 0 Å². The molecule has 1 aliphatic carbocycles. The SMILES string of the molecule is CCN(CCC(N)c1cccc(F)c1)C1CCCC1. The largest absolute Gasteiger partial charge is 0.324 e. The molecule has 2 N–H and O–H groups in total. The number of hydrogen-bond acceptors (Lipinski definition) is 2. The monoisotopic (exact) mass is 264 g/mol. The molecule has 1 saturated carbocycles. The number of nitrogens with two attached hydrogens (primary N) is 1. The van der Waals surface area contributed by atoms with Gasteiger partial charge in [0.2, 0.25) is 0 Å². The van der Waals surface area contributed by atoms with Gasteiger partial charge in [-0.15, -0.1) is 0 Å². The van der Waals surface area contributed by atoms with Crippen molar-refractivity contribution in [1.29, 1.82) is 0 Å². The lowest BCUT2D eigenvalue weighted by Gasteiger charge is -2.28. The third-order valence-electron chi connectivity index (χ3n) is 4.25. The Morgan fingerprint density at radius 3 is 2.74 bits per heavy atom. The van der Waals surface area contributed by atoms with E-state index in [4.69, 9.17) is 5.73 Å². The summed E-state index contributed by atoms with van der Waals surface area (Å²) in [5, 5.41) is 0. The Bertz CT molecular complexity index is 388. The van der Waals surface area contributed by atoms with Crippen LogP contribution in [0.4, 0.5) is 4.39 Å². The third-order valence-corrected chi connectivity index (χ3v) is 4.25. The van der Waals surface area contributed by atoms with Crippen LogP contribution < -0.4 is 5.73 Å². The lowest BCUT2D eigenvalue weighted by molar-refractivity contribution is 0.201. The lowest BCUT2D eigenvalue weighted by atomic mass is 10.0. The van der Waals surface area contributed by atoms with Crippen LogP contribution in [0.1, 0.15) is 50.6 Å². The molecule has 0 heterocycles. The van der Waals surface area contributed by atoms with Crippen LogP contribution in [-0.4, -0.2) is 24.0 Å². The van der Waals surface area contributed by atoms with E-state index in [9.17, 15) is 4.39 Å². The molecule has 3 heteroatoms. The fourth-order valence-electron chi connectivity index (χ4n) is 3.08. The molecular weight excluding hydrogens is 239 g/mol. The third kappa shape index (κ3) is 4.02. The van der Waals surface area contributed by atoms with Crippen LogP contribution in [0.2, 0.25) is 0 Å². The van der Waals surface area contributed by atoms with Gasteiger partial charge in [-0.3, -0.25) is 0 Å². The minimum Gasteiger partial charge on any atom is -0.324 e. The van der Waals surface area contributed by atoms with Crippen molar-refractivity contribution in [2.45, 2.75) is 51.1 Å². The standard InChI is InChI=1S/C16H25FN2/c1-2-19(15-8-3-4-9-15)11-10-16(18)13-6-5-7-14(17)12-13/h5-7,12,15-16H,2-4,8-11,18H2,1H3. The molecule has 0 radical (unpaired) electrons. The minimum atomic E-state index is -0.198. The Balaban J connectivity index is 1.86. The van der Waals surface area contributed by atoms with Gasteiger partial charge in [0.15, 0.2) is 0 Å². The molecule has 19 heavy (non-hydrogen) atoms. The Morgan fingerprint density at radius 2 is 2.11 bits per heavy atom. The second-order valence-electron chi connectivity index (χ2n) is 5.52. The van der Waals surface area contributed by atoms with Crippen molar-refractivity contribution in [3.05, 3.63) is 35.6 Å². The average Bonchev–Trinajstić information content (AvgIpc) is 2.93. The van der Waals surface area contributed by atoms with Gasteiger partial charge in [-0.25, -0.2) is 4.39 Å². The fourth-order valence-corrected chi connectivity index (χ4v) is 3.08. The molecule has 1 atom stereocenters. The van der Waals surface area contributed by atoms with Crippen molar-refractivity contribution in [1.82, 2.24) is 4.90 Å². The van der Waals surface area contributed by atoms with Crippen LogP contribution in [0.25, 0.3) is 0 Å². The van der Waals surface area contributed by atoms with E-state index in [1.165, 1.54) is 31.7 Å². The Kier molecular flexibility index (Phi) is 5.34. The van der Waals surface area contributed by atoms with E-state index in [0.717, 1.165) is 31.1 Å². The van der Waals surface area contributed by atoms with E-state index in [1.54, 1.807) is 12.1 Å². The first kappa shape index (κ1) is 14.5. The van der Waals surface area contributed by atoms with Crippen LogP contribution in [0.3, 0.4) is 0 Å². The maximum Gasteiger partial charge on any atom is 0.123 e. The van der Waals surface area contributed by atoms with Gasteiger partial charge in [0, 0.05) is 18.6 Å². The van der Waals surface area contributed by atoms with Gasteiger partial charge >= 0.3 is 0 Å². The maximum atomic E-state index is 13.2. The van der Waals surface area contributed by atoms with E-state index in [1.807, 2.05) is 6.07 Å². The van der Waals surface area contributed by atoms with Gasteiger partial charge in [0.1, 0.15) is 5.82 Å². The van der Waals surface area contributed by atoms with Crippen LogP contribution >= 0.6 is 0 Å².